The van der Waals surface area contributed by atoms with E-state index in [0.29, 0.717) is 12.5 Å². The quantitative estimate of drug-likeness (QED) is 0.894. The fourth-order valence-corrected chi connectivity index (χ4v) is 3.80. The van der Waals surface area contributed by atoms with Gasteiger partial charge in [0.25, 0.3) is 5.91 Å². The third-order valence-electron chi connectivity index (χ3n) is 5.22. The Labute approximate surface area is 132 Å². The van der Waals surface area contributed by atoms with Gasteiger partial charge in [-0.2, -0.15) is 0 Å². The highest BCUT2D eigenvalue weighted by molar-refractivity contribution is 5.85. The molecular formula is C18H26N2O2. The zero-order valence-corrected chi connectivity index (χ0v) is 13.4. The van der Waals surface area contributed by atoms with E-state index in [2.05, 4.69) is 34.9 Å². The van der Waals surface area contributed by atoms with E-state index >= 15 is 0 Å². The first-order valence-electron chi connectivity index (χ1n) is 8.37. The van der Waals surface area contributed by atoms with Gasteiger partial charge in [0.1, 0.15) is 5.60 Å². The molecule has 1 aliphatic carbocycles. The molecule has 0 radical (unpaired) electrons. The number of carbonyl (C=O) groups is 1. The van der Waals surface area contributed by atoms with Crippen molar-refractivity contribution in [3.05, 3.63) is 35.4 Å². The van der Waals surface area contributed by atoms with Crippen molar-refractivity contribution in [2.24, 2.45) is 0 Å². The number of methoxy groups -OCH3 is 1. The van der Waals surface area contributed by atoms with Crippen molar-refractivity contribution in [1.29, 1.82) is 0 Å². The number of aryl methyl sites for hydroxylation is 1. The zero-order chi connectivity index (χ0) is 15.4. The van der Waals surface area contributed by atoms with Crippen LogP contribution in [0.25, 0.3) is 0 Å². The van der Waals surface area contributed by atoms with E-state index in [1.54, 1.807) is 7.11 Å². The Hall–Kier alpha value is -1.39. The number of fused-ring (bicyclic) bond motifs is 1. The summed E-state index contributed by atoms with van der Waals surface area (Å²) in [4.78, 5) is 12.6. The van der Waals surface area contributed by atoms with Crippen molar-refractivity contribution in [3.8, 4) is 0 Å². The summed E-state index contributed by atoms with van der Waals surface area (Å²) in [6.07, 6.45) is 5.01. The van der Waals surface area contributed by atoms with Gasteiger partial charge in [-0.05, 0) is 56.3 Å². The van der Waals surface area contributed by atoms with Crippen LogP contribution in [0.1, 0.15) is 42.7 Å². The third kappa shape index (κ3) is 3.03. The predicted octanol–water partition coefficient (Wildman–Crippen LogP) is 1.99. The van der Waals surface area contributed by atoms with Gasteiger partial charge in [0.15, 0.2) is 0 Å². The van der Waals surface area contributed by atoms with Gasteiger partial charge >= 0.3 is 0 Å². The van der Waals surface area contributed by atoms with Crippen LogP contribution in [0.15, 0.2) is 24.3 Å². The lowest BCUT2D eigenvalue weighted by Gasteiger charge is -2.35. The fourth-order valence-electron chi connectivity index (χ4n) is 3.80. The Morgan fingerprint density at radius 3 is 2.91 bits per heavy atom. The lowest BCUT2D eigenvalue weighted by atomic mass is 9.82. The summed E-state index contributed by atoms with van der Waals surface area (Å²) in [5.74, 6) is 0.490. The van der Waals surface area contributed by atoms with Crippen LogP contribution in [0.2, 0.25) is 0 Å². The van der Waals surface area contributed by atoms with Crippen LogP contribution in [0.5, 0.6) is 0 Å². The lowest BCUT2D eigenvalue weighted by Crippen LogP contribution is -2.54. The van der Waals surface area contributed by atoms with E-state index < -0.39 is 5.60 Å². The molecule has 1 saturated heterocycles. The van der Waals surface area contributed by atoms with Crippen molar-refractivity contribution < 1.29 is 9.53 Å². The minimum absolute atomic E-state index is 0.0551. The molecule has 120 valence electrons. The average Bonchev–Trinajstić information content (AvgIpc) is 2.60. The molecule has 0 aromatic heterocycles. The molecule has 1 fully saturated rings. The number of carbonyl (C=O) groups excluding carboxylic acids is 1. The fraction of sp³-hybridized carbons (Fsp3) is 0.611. The van der Waals surface area contributed by atoms with Crippen molar-refractivity contribution in [1.82, 2.24) is 10.6 Å². The molecule has 4 nitrogen and oxygen atoms in total. The summed E-state index contributed by atoms with van der Waals surface area (Å²) in [7, 11) is 1.65. The molecule has 2 aliphatic rings. The maximum atomic E-state index is 12.6. The second kappa shape index (κ2) is 6.80. The van der Waals surface area contributed by atoms with Gasteiger partial charge in [0.2, 0.25) is 0 Å². The number of rotatable bonds is 4. The summed E-state index contributed by atoms with van der Waals surface area (Å²) < 4.78 is 5.60. The Morgan fingerprint density at radius 1 is 1.36 bits per heavy atom. The van der Waals surface area contributed by atoms with E-state index in [9.17, 15) is 4.79 Å². The van der Waals surface area contributed by atoms with E-state index in [-0.39, 0.29) is 5.91 Å². The molecule has 1 aromatic rings. The van der Waals surface area contributed by atoms with Crippen molar-refractivity contribution in [2.45, 2.75) is 43.6 Å². The molecule has 1 heterocycles. The molecule has 1 atom stereocenters. The number of hydrogen-bond donors (Lipinski definition) is 2. The first-order valence-corrected chi connectivity index (χ1v) is 8.37. The number of piperidine rings is 1. The largest absolute Gasteiger partial charge is 0.368 e. The predicted molar refractivity (Wildman–Crippen MR) is 87.0 cm³/mol. The maximum Gasteiger partial charge on any atom is 0.252 e. The van der Waals surface area contributed by atoms with Crippen LogP contribution in [0.4, 0.5) is 0 Å². The smallest absolute Gasteiger partial charge is 0.252 e. The van der Waals surface area contributed by atoms with Crippen molar-refractivity contribution in [3.63, 3.8) is 0 Å². The average molecular weight is 302 g/mol. The van der Waals surface area contributed by atoms with Gasteiger partial charge in [-0.15, -0.1) is 0 Å². The molecule has 1 aliphatic heterocycles. The highest BCUT2D eigenvalue weighted by atomic mass is 16.5. The standard InChI is InChI=1S/C18H26N2O2/c1-22-18(9-11-19-12-10-18)17(21)20-13-15-7-4-6-14-5-2-3-8-16(14)15/h2-3,5,8,15,19H,4,6-7,9-13H2,1H3,(H,20,21). The van der Waals surface area contributed by atoms with Gasteiger partial charge in [-0.1, -0.05) is 24.3 Å². The van der Waals surface area contributed by atoms with Crippen LogP contribution < -0.4 is 10.6 Å². The normalized spacial score (nSPS) is 23.6. The van der Waals surface area contributed by atoms with E-state index in [1.807, 2.05) is 0 Å². The Morgan fingerprint density at radius 2 is 2.14 bits per heavy atom. The van der Waals surface area contributed by atoms with Crippen molar-refractivity contribution in [2.75, 3.05) is 26.7 Å². The molecular weight excluding hydrogens is 276 g/mol. The summed E-state index contributed by atoms with van der Waals surface area (Å²) in [5, 5.41) is 6.45. The Bertz CT molecular complexity index is 524. The van der Waals surface area contributed by atoms with Crippen molar-refractivity contribution >= 4 is 5.91 Å². The third-order valence-corrected chi connectivity index (χ3v) is 5.22. The van der Waals surface area contributed by atoms with Crippen LogP contribution in [-0.4, -0.2) is 38.3 Å². The first kappa shape index (κ1) is 15.5. The van der Waals surface area contributed by atoms with Gasteiger partial charge in [-0.3, -0.25) is 4.79 Å². The van der Waals surface area contributed by atoms with Crippen LogP contribution in [0.3, 0.4) is 0 Å². The number of hydrogen-bond acceptors (Lipinski definition) is 3. The number of nitrogens with one attached hydrogen (secondary N) is 2. The molecule has 22 heavy (non-hydrogen) atoms. The lowest BCUT2D eigenvalue weighted by molar-refractivity contribution is -0.146. The van der Waals surface area contributed by atoms with E-state index in [0.717, 1.165) is 38.8 Å². The number of benzene rings is 1. The summed E-state index contributed by atoms with van der Waals surface area (Å²) in [5.41, 5.74) is 2.21. The molecule has 0 bridgehead atoms. The molecule has 1 aromatic carbocycles. The highest BCUT2D eigenvalue weighted by Gasteiger charge is 2.39. The molecule has 3 rings (SSSR count). The SMILES string of the molecule is COC1(C(=O)NCC2CCCc3ccccc32)CCNCC1. The van der Waals surface area contributed by atoms with Gasteiger partial charge in [0, 0.05) is 19.6 Å². The monoisotopic (exact) mass is 302 g/mol. The second-order valence-electron chi connectivity index (χ2n) is 6.45. The first-order chi connectivity index (χ1) is 10.7. The van der Waals surface area contributed by atoms with Crippen LogP contribution in [-0.2, 0) is 16.0 Å². The molecule has 2 N–H and O–H groups in total. The minimum Gasteiger partial charge on any atom is -0.368 e. The zero-order valence-electron chi connectivity index (χ0n) is 13.4. The van der Waals surface area contributed by atoms with Crippen LogP contribution >= 0.6 is 0 Å². The number of amides is 1. The van der Waals surface area contributed by atoms with Gasteiger partial charge in [0.05, 0.1) is 0 Å². The van der Waals surface area contributed by atoms with Gasteiger partial charge in [-0.25, -0.2) is 0 Å². The summed E-state index contributed by atoms with van der Waals surface area (Å²) in [6.45, 7) is 2.40. The molecule has 1 amide bonds. The Balaban J connectivity index is 1.64. The highest BCUT2D eigenvalue weighted by Crippen LogP contribution is 2.31. The molecule has 1 unspecified atom stereocenters. The minimum atomic E-state index is -0.639. The molecule has 0 spiro atoms. The summed E-state index contributed by atoms with van der Waals surface area (Å²) >= 11 is 0. The maximum absolute atomic E-state index is 12.6. The summed E-state index contributed by atoms with van der Waals surface area (Å²) in [6, 6.07) is 8.63. The molecule has 0 saturated carbocycles. The van der Waals surface area contributed by atoms with Gasteiger partial charge < -0.3 is 15.4 Å². The second-order valence-corrected chi connectivity index (χ2v) is 6.45. The molecule has 4 heteroatoms. The number of ether oxygens (including phenoxy) is 1. The van der Waals surface area contributed by atoms with E-state index in [4.69, 9.17) is 4.74 Å². The van der Waals surface area contributed by atoms with E-state index in [1.165, 1.54) is 17.5 Å². The van der Waals surface area contributed by atoms with Crippen LogP contribution in [0, 0.1) is 0 Å². The topological polar surface area (TPSA) is 50.4 Å². The Kier molecular flexibility index (Phi) is 4.79.